The van der Waals surface area contributed by atoms with Gasteiger partial charge in [-0.15, -0.1) is 0 Å². The Labute approximate surface area is 85.3 Å². The minimum Gasteiger partial charge on any atom is -0.447 e. The lowest BCUT2D eigenvalue weighted by molar-refractivity contribution is 0.163. The maximum Gasteiger partial charge on any atom is 0.410 e. The Morgan fingerprint density at radius 1 is 1.47 bits per heavy atom. The first-order valence-electron chi connectivity index (χ1n) is 4.44. The molecule has 0 saturated carbocycles. The zero-order chi connectivity index (χ0) is 11.0. The molecule has 0 aromatic heterocycles. The lowest BCUT2D eigenvalue weighted by Crippen LogP contribution is -2.23. The van der Waals surface area contributed by atoms with Gasteiger partial charge in [-0.25, -0.2) is 13.6 Å². The second-order valence-corrected chi connectivity index (χ2v) is 3.37. The third-order valence-electron chi connectivity index (χ3n) is 2.44. The van der Waals surface area contributed by atoms with E-state index in [9.17, 15) is 13.6 Å². The van der Waals surface area contributed by atoms with Crippen molar-refractivity contribution in [2.75, 3.05) is 13.7 Å². The van der Waals surface area contributed by atoms with E-state index in [2.05, 4.69) is 0 Å². The highest BCUT2D eigenvalue weighted by Gasteiger charge is 2.32. The molecule has 1 aromatic carbocycles. The van der Waals surface area contributed by atoms with Gasteiger partial charge in [-0.1, -0.05) is 6.07 Å². The summed E-state index contributed by atoms with van der Waals surface area (Å²) in [4.78, 5) is 12.3. The van der Waals surface area contributed by atoms with Crippen molar-refractivity contribution in [2.45, 2.75) is 6.04 Å². The molecular weight excluding hydrogens is 204 g/mol. The van der Waals surface area contributed by atoms with Gasteiger partial charge in [-0.3, -0.25) is 0 Å². The molecule has 0 N–H and O–H groups in total. The monoisotopic (exact) mass is 213 g/mol. The van der Waals surface area contributed by atoms with Gasteiger partial charge >= 0.3 is 6.09 Å². The van der Waals surface area contributed by atoms with Crippen LogP contribution in [0.1, 0.15) is 11.6 Å². The normalized spacial score (nSPS) is 20.6. The maximum atomic E-state index is 13.4. The maximum absolute atomic E-state index is 13.4. The Morgan fingerprint density at radius 3 is 2.73 bits per heavy atom. The molecule has 0 radical (unpaired) electrons. The Balaban J connectivity index is 2.34. The van der Waals surface area contributed by atoms with Gasteiger partial charge in [0.05, 0.1) is 6.04 Å². The number of cyclic esters (lactones) is 1. The number of carbonyl (C=O) groups excluding carboxylic acids is 1. The number of hydrogen-bond acceptors (Lipinski definition) is 2. The Morgan fingerprint density at radius 2 is 2.20 bits per heavy atom. The van der Waals surface area contributed by atoms with E-state index < -0.39 is 23.8 Å². The van der Waals surface area contributed by atoms with Gasteiger partial charge in [0.1, 0.15) is 18.2 Å². The van der Waals surface area contributed by atoms with Crippen LogP contribution in [0.15, 0.2) is 18.2 Å². The first-order chi connectivity index (χ1) is 7.09. The molecule has 1 fully saturated rings. The number of carbonyl (C=O) groups is 1. The Bertz CT molecular complexity index is 408. The van der Waals surface area contributed by atoms with Crippen molar-refractivity contribution >= 4 is 6.09 Å². The molecule has 1 saturated heterocycles. The van der Waals surface area contributed by atoms with Gasteiger partial charge in [0.25, 0.3) is 0 Å². The fourth-order valence-corrected chi connectivity index (χ4v) is 1.56. The summed E-state index contributed by atoms with van der Waals surface area (Å²) in [6.45, 7) is 0.0951. The molecule has 1 unspecified atom stereocenters. The first-order valence-corrected chi connectivity index (χ1v) is 4.44. The predicted octanol–water partition coefficient (Wildman–Crippen LogP) is 2.09. The van der Waals surface area contributed by atoms with Crippen molar-refractivity contribution < 1.29 is 18.3 Å². The molecule has 5 heteroatoms. The van der Waals surface area contributed by atoms with Crippen LogP contribution in [-0.4, -0.2) is 24.6 Å². The van der Waals surface area contributed by atoms with Crippen molar-refractivity contribution in [3.8, 4) is 0 Å². The number of amides is 1. The zero-order valence-corrected chi connectivity index (χ0v) is 8.04. The van der Waals surface area contributed by atoms with Gasteiger partial charge in [-0.05, 0) is 6.07 Å². The molecule has 1 heterocycles. The molecule has 3 nitrogen and oxygen atoms in total. The van der Waals surface area contributed by atoms with E-state index in [0.29, 0.717) is 0 Å². The molecule has 80 valence electrons. The minimum atomic E-state index is -0.662. The van der Waals surface area contributed by atoms with E-state index in [1.54, 1.807) is 0 Å². The highest BCUT2D eigenvalue weighted by atomic mass is 19.1. The number of halogens is 2. The molecule has 1 amide bonds. The second kappa shape index (κ2) is 3.49. The topological polar surface area (TPSA) is 29.5 Å². The molecule has 1 atom stereocenters. The van der Waals surface area contributed by atoms with Crippen LogP contribution in [0.25, 0.3) is 0 Å². The summed E-state index contributed by atoms with van der Waals surface area (Å²) in [5.74, 6) is -1.30. The zero-order valence-electron chi connectivity index (χ0n) is 8.04. The molecule has 1 aliphatic heterocycles. The van der Waals surface area contributed by atoms with E-state index in [1.165, 1.54) is 18.0 Å². The van der Waals surface area contributed by atoms with Crippen molar-refractivity contribution in [1.29, 1.82) is 0 Å². The van der Waals surface area contributed by atoms with Crippen LogP contribution in [0.4, 0.5) is 13.6 Å². The van der Waals surface area contributed by atoms with Gasteiger partial charge in [-0.2, -0.15) is 0 Å². The van der Waals surface area contributed by atoms with Crippen molar-refractivity contribution in [3.05, 3.63) is 35.4 Å². The van der Waals surface area contributed by atoms with Crippen LogP contribution in [0.5, 0.6) is 0 Å². The van der Waals surface area contributed by atoms with E-state index >= 15 is 0 Å². The van der Waals surface area contributed by atoms with Gasteiger partial charge < -0.3 is 9.64 Å². The van der Waals surface area contributed by atoms with Gasteiger partial charge in [0.2, 0.25) is 0 Å². The molecule has 1 aliphatic rings. The third kappa shape index (κ3) is 1.65. The summed E-state index contributed by atoms with van der Waals surface area (Å²) in [6.07, 6.45) is -0.497. The fourth-order valence-electron chi connectivity index (χ4n) is 1.56. The number of benzene rings is 1. The molecule has 0 spiro atoms. The summed E-state index contributed by atoms with van der Waals surface area (Å²) in [6, 6.07) is 2.81. The van der Waals surface area contributed by atoms with Crippen molar-refractivity contribution in [3.63, 3.8) is 0 Å². The summed E-state index contributed by atoms with van der Waals surface area (Å²) in [7, 11) is 1.52. The molecule has 2 rings (SSSR count). The number of ether oxygens (including phenoxy) is 1. The van der Waals surface area contributed by atoms with Gasteiger partial charge in [0.15, 0.2) is 0 Å². The third-order valence-corrected chi connectivity index (χ3v) is 2.44. The second-order valence-electron chi connectivity index (χ2n) is 3.37. The summed E-state index contributed by atoms with van der Waals surface area (Å²) < 4.78 is 30.8. The standard InChI is InChI=1S/C10H9F2NO2/c1-13-9(5-15-10(13)14)7-3-2-6(11)4-8(7)12/h2-4,9H,5H2,1H3. The SMILES string of the molecule is CN1C(=O)OCC1c1ccc(F)cc1F. The first kappa shape index (κ1) is 9.89. The van der Waals surface area contributed by atoms with Gasteiger partial charge in [0, 0.05) is 18.7 Å². The molecule has 1 aromatic rings. The van der Waals surface area contributed by atoms with Crippen LogP contribution in [0, 0.1) is 11.6 Å². The number of nitrogens with zero attached hydrogens (tertiary/aromatic N) is 1. The molecule has 0 aliphatic carbocycles. The van der Waals surface area contributed by atoms with Crippen LogP contribution >= 0.6 is 0 Å². The lowest BCUT2D eigenvalue weighted by atomic mass is 10.1. The summed E-state index contributed by atoms with van der Waals surface area (Å²) in [5.41, 5.74) is 0.268. The Kier molecular flexibility index (Phi) is 2.30. The number of hydrogen-bond donors (Lipinski definition) is 0. The number of rotatable bonds is 1. The van der Waals surface area contributed by atoms with E-state index in [1.807, 2.05) is 0 Å². The number of likely N-dealkylation sites (N-methyl/N-ethyl adjacent to an activating group) is 1. The average Bonchev–Trinajstić information content (AvgIpc) is 2.49. The average molecular weight is 213 g/mol. The Hall–Kier alpha value is -1.65. The van der Waals surface area contributed by atoms with Crippen molar-refractivity contribution in [2.24, 2.45) is 0 Å². The van der Waals surface area contributed by atoms with Crippen LogP contribution in [0.2, 0.25) is 0 Å². The molecule has 0 bridgehead atoms. The predicted molar refractivity (Wildman–Crippen MR) is 48.2 cm³/mol. The quantitative estimate of drug-likeness (QED) is 0.714. The highest BCUT2D eigenvalue weighted by molar-refractivity contribution is 5.70. The van der Waals surface area contributed by atoms with E-state index in [-0.39, 0.29) is 12.2 Å². The fraction of sp³-hybridized carbons (Fsp3) is 0.300. The molecule has 15 heavy (non-hydrogen) atoms. The summed E-state index contributed by atoms with van der Waals surface area (Å²) in [5, 5.41) is 0. The minimum absolute atomic E-state index is 0.0951. The smallest absolute Gasteiger partial charge is 0.410 e. The van der Waals surface area contributed by atoms with Crippen LogP contribution < -0.4 is 0 Å². The van der Waals surface area contributed by atoms with Crippen molar-refractivity contribution in [1.82, 2.24) is 4.90 Å². The van der Waals surface area contributed by atoms with Crippen LogP contribution in [0.3, 0.4) is 0 Å². The van der Waals surface area contributed by atoms with E-state index in [4.69, 9.17) is 4.74 Å². The van der Waals surface area contributed by atoms with Crippen LogP contribution in [-0.2, 0) is 4.74 Å². The largest absolute Gasteiger partial charge is 0.447 e. The lowest BCUT2D eigenvalue weighted by Gasteiger charge is -2.16. The molecular formula is C10H9F2NO2. The summed E-state index contributed by atoms with van der Waals surface area (Å²) >= 11 is 0. The van der Waals surface area contributed by atoms with E-state index in [0.717, 1.165) is 12.1 Å². The highest BCUT2D eigenvalue weighted by Crippen LogP contribution is 2.28.